The van der Waals surface area contributed by atoms with Crippen molar-refractivity contribution < 1.29 is 4.79 Å². The molecule has 0 aliphatic carbocycles. The second-order valence-electron chi connectivity index (χ2n) is 5.20. The van der Waals surface area contributed by atoms with E-state index < -0.39 is 0 Å². The Morgan fingerprint density at radius 2 is 1.62 bits per heavy atom. The number of carbonyl (C=O) groups is 1. The first-order chi connectivity index (χ1) is 12.5. The van der Waals surface area contributed by atoms with Crippen LogP contribution in [0, 0.1) is 11.3 Å². The molecule has 8 heteroatoms. The summed E-state index contributed by atoms with van der Waals surface area (Å²) in [5.41, 5.74) is 1.70. The Morgan fingerprint density at radius 3 is 2.23 bits per heavy atom. The Morgan fingerprint density at radius 1 is 0.923 bits per heavy atom. The maximum atomic E-state index is 12.2. The Balaban J connectivity index is 1.66. The number of carbonyl (C=O) groups excluding carboxylic acids is 1. The van der Waals surface area contributed by atoms with Crippen LogP contribution < -0.4 is 10.6 Å². The first-order valence-corrected chi connectivity index (χ1v) is 8.18. The summed E-state index contributed by atoms with van der Waals surface area (Å²) in [6, 6.07) is 16.9. The largest absolute Gasteiger partial charge is 0.339 e. The number of nitrogens with one attached hydrogen (secondary N) is 2. The fraction of sp³-hybridized carbons (Fsp3) is 0. The van der Waals surface area contributed by atoms with Gasteiger partial charge in [-0.15, -0.1) is 10.2 Å². The minimum atomic E-state index is -0.370. The average Bonchev–Trinajstić information content (AvgIpc) is 2.66. The van der Waals surface area contributed by atoms with Crippen LogP contribution in [0.5, 0.6) is 0 Å². The molecule has 0 bridgehead atoms. The van der Waals surface area contributed by atoms with Gasteiger partial charge in [0, 0.05) is 11.3 Å². The molecule has 6 nitrogen and oxygen atoms in total. The minimum Gasteiger partial charge on any atom is -0.339 e. The van der Waals surface area contributed by atoms with Gasteiger partial charge in [-0.25, -0.2) is 0 Å². The second-order valence-corrected chi connectivity index (χ2v) is 6.02. The fourth-order valence-electron chi connectivity index (χ4n) is 2.07. The third kappa shape index (κ3) is 4.28. The Hall–Kier alpha value is -3.14. The molecule has 0 spiro atoms. The van der Waals surface area contributed by atoms with Gasteiger partial charge in [0.1, 0.15) is 0 Å². The number of nitrogens with zero attached hydrogens (tertiary/aromatic N) is 3. The molecule has 1 heterocycles. The van der Waals surface area contributed by atoms with Crippen molar-refractivity contribution in [2.45, 2.75) is 0 Å². The van der Waals surface area contributed by atoms with Gasteiger partial charge in [-0.2, -0.15) is 5.26 Å². The van der Waals surface area contributed by atoms with E-state index in [2.05, 4.69) is 26.9 Å². The number of aromatic nitrogens is 2. The van der Waals surface area contributed by atoms with Gasteiger partial charge in [0.25, 0.3) is 5.91 Å². The maximum absolute atomic E-state index is 12.2. The van der Waals surface area contributed by atoms with Crippen molar-refractivity contribution >= 4 is 46.4 Å². The van der Waals surface area contributed by atoms with E-state index in [1.165, 1.54) is 6.07 Å². The average molecular weight is 384 g/mol. The van der Waals surface area contributed by atoms with Gasteiger partial charge >= 0.3 is 0 Å². The van der Waals surface area contributed by atoms with E-state index in [1.807, 2.05) is 0 Å². The van der Waals surface area contributed by atoms with Gasteiger partial charge in [0.2, 0.25) is 0 Å². The topological polar surface area (TPSA) is 90.7 Å². The van der Waals surface area contributed by atoms with Crippen LogP contribution in [0.4, 0.5) is 17.3 Å². The first-order valence-electron chi connectivity index (χ1n) is 7.42. The van der Waals surface area contributed by atoms with Crippen molar-refractivity contribution in [2.24, 2.45) is 0 Å². The summed E-state index contributed by atoms with van der Waals surface area (Å²) in [5, 5.41) is 23.1. The molecule has 1 aromatic heterocycles. The number of hydrogen-bond acceptors (Lipinski definition) is 5. The quantitative estimate of drug-likeness (QED) is 0.683. The van der Waals surface area contributed by atoms with Crippen LogP contribution in [0.2, 0.25) is 10.0 Å². The molecule has 0 unspecified atom stereocenters. The zero-order valence-electron chi connectivity index (χ0n) is 13.2. The van der Waals surface area contributed by atoms with E-state index in [0.29, 0.717) is 32.8 Å². The molecule has 0 saturated heterocycles. The first kappa shape index (κ1) is 17.7. The molecule has 0 aliphatic heterocycles. The van der Waals surface area contributed by atoms with Crippen LogP contribution in [0.25, 0.3) is 0 Å². The molecule has 0 radical (unpaired) electrons. The normalized spacial score (nSPS) is 10.0. The smallest absolute Gasteiger partial charge is 0.256 e. The van der Waals surface area contributed by atoms with Crippen LogP contribution in [-0.4, -0.2) is 16.1 Å². The predicted molar refractivity (Wildman–Crippen MR) is 101 cm³/mol. The Labute approximate surface area is 159 Å². The molecule has 0 saturated carbocycles. The van der Waals surface area contributed by atoms with E-state index in [-0.39, 0.29) is 5.91 Å². The SMILES string of the molecule is N#Cc1ccc(Nc2ccc(NC(=O)c3ccc(Cl)c(Cl)c3)nn2)cc1. The summed E-state index contributed by atoms with van der Waals surface area (Å²) in [6.07, 6.45) is 0. The van der Waals surface area contributed by atoms with Gasteiger partial charge in [-0.3, -0.25) is 4.79 Å². The van der Waals surface area contributed by atoms with Crippen molar-refractivity contribution in [3.8, 4) is 6.07 Å². The highest BCUT2D eigenvalue weighted by molar-refractivity contribution is 6.42. The van der Waals surface area contributed by atoms with Crippen molar-refractivity contribution in [2.75, 3.05) is 10.6 Å². The van der Waals surface area contributed by atoms with Gasteiger partial charge in [0.15, 0.2) is 11.6 Å². The lowest BCUT2D eigenvalue weighted by molar-refractivity contribution is 0.102. The fourth-order valence-corrected chi connectivity index (χ4v) is 2.37. The van der Waals surface area contributed by atoms with E-state index in [1.54, 1.807) is 48.5 Å². The summed E-state index contributed by atoms with van der Waals surface area (Å²) in [7, 11) is 0. The number of benzene rings is 2. The summed E-state index contributed by atoms with van der Waals surface area (Å²) in [5.74, 6) is 0.430. The zero-order valence-corrected chi connectivity index (χ0v) is 14.7. The number of rotatable bonds is 4. The number of nitriles is 1. The summed E-state index contributed by atoms with van der Waals surface area (Å²) >= 11 is 11.7. The molecule has 2 aromatic carbocycles. The molecule has 0 atom stereocenters. The number of anilines is 3. The number of hydrogen-bond donors (Lipinski definition) is 2. The maximum Gasteiger partial charge on any atom is 0.256 e. The summed E-state index contributed by atoms with van der Waals surface area (Å²) in [6.45, 7) is 0. The highest BCUT2D eigenvalue weighted by atomic mass is 35.5. The molecule has 3 aromatic rings. The van der Waals surface area contributed by atoms with E-state index >= 15 is 0 Å². The lowest BCUT2D eigenvalue weighted by atomic mass is 10.2. The van der Waals surface area contributed by atoms with Crippen LogP contribution in [0.15, 0.2) is 54.6 Å². The lowest BCUT2D eigenvalue weighted by Crippen LogP contribution is -2.13. The highest BCUT2D eigenvalue weighted by Crippen LogP contribution is 2.23. The molecule has 0 fully saturated rings. The van der Waals surface area contributed by atoms with E-state index in [9.17, 15) is 4.79 Å². The molecule has 1 amide bonds. The van der Waals surface area contributed by atoms with Crippen LogP contribution in [0.1, 0.15) is 15.9 Å². The molecule has 2 N–H and O–H groups in total. The third-order valence-electron chi connectivity index (χ3n) is 3.37. The minimum absolute atomic E-state index is 0.298. The van der Waals surface area contributed by atoms with Gasteiger partial charge < -0.3 is 10.6 Å². The van der Waals surface area contributed by atoms with Crippen LogP contribution >= 0.6 is 23.2 Å². The Bertz CT molecular complexity index is 982. The molecule has 3 rings (SSSR count). The van der Waals surface area contributed by atoms with Crippen LogP contribution in [-0.2, 0) is 0 Å². The molecular formula is C18H11Cl2N5O. The predicted octanol–water partition coefficient (Wildman–Crippen LogP) is 4.65. The van der Waals surface area contributed by atoms with Crippen molar-refractivity contribution in [1.29, 1.82) is 5.26 Å². The van der Waals surface area contributed by atoms with Gasteiger partial charge in [-0.05, 0) is 54.6 Å². The van der Waals surface area contributed by atoms with Crippen LogP contribution in [0.3, 0.4) is 0 Å². The van der Waals surface area contributed by atoms with Crippen molar-refractivity contribution in [3.05, 3.63) is 75.8 Å². The monoisotopic (exact) mass is 383 g/mol. The lowest BCUT2D eigenvalue weighted by Gasteiger charge is -2.07. The Kier molecular flexibility index (Phi) is 5.32. The van der Waals surface area contributed by atoms with Gasteiger partial charge in [-0.1, -0.05) is 23.2 Å². The second kappa shape index (κ2) is 7.83. The van der Waals surface area contributed by atoms with E-state index in [4.69, 9.17) is 28.5 Å². The summed E-state index contributed by atoms with van der Waals surface area (Å²) < 4.78 is 0. The zero-order chi connectivity index (χ0) is 18.5. The summed E-state index contributed by atoms with van der Waals surface area (Å²) in [4.78, 5) is 12.2. The molecule has 128 valence electrons. The standard InChI is InChI=1S/C18H11Cl2N5O/c19-14-6-3-12(9-15(14)20)18(26)23-17-8-7-16(24-25-17)22-13-4-1-11(10-21)2-5-13/h1-9H,(H,22,24)(H,23,25,26). The van der Waals surface area contributed by atoms with Crippen molar-refractivity contribution in [3.63, 3.8) is 0 Å². The highest BCUT2D eigenvalue weighted by Gasteiger charge is 2.09. The van der Waals surface area contributed by atoms with E-state index in [0.717, 1.165) is 5.69 Å². The third-order valence-corrected chi connectivity index (χ3v) is 4.11. The number of amides is 1. The number of halogens is 2. The molecule has 26 heavy (non-hydrogen) atoms. The molecule has 0 aliphatic rings. The van der Waals surface area contributed by atoms with Gasteiger partial charge in [0.05, 0.1) is 21.7 Å². The van der Waals surface area contributed by atoms with Crippen molar-refractivity contribution in [1.82, 2.24) is 10.2 Å². The molecular weight excluding hydrogens is 373 g/mol.